The second-order valence-corrected chi connectivity index (χ2v) is 5.85. The lowest BCUT2D eigenvalue weighted by Crippen LogP contribution is -2.07. The molecule has 0 atom stereocenters. The van der Waals surface area contributed by atoms with E-state index in [1.165, 1.54) is 0 Å². The minimum Gasteiger partial charge on any atom is -0.491 e. The molecule has 0 spiro atoms. The first kappa shape index (κ1) is 14.9. The van der Waals surface area contributed by atoms with Crippen LogP contribution in [0.3, 0.4) is 0 Å². The minimum absolute atomic E-state index is 0.0998. The molecule has 0 unspecified atom stereocenters. The maximum Gasteiger partial charge on any atom is 0.280 e. The highest BCUT2D eigenvalue weighted by Crippen LogP contribution is 2.30. The van der Waals surface area contributed by atoms with Crippen molar-refractivity contribution < 1.29 is 18.5 Å². The van der Waals surface area contributed by atoms with E-state index in [0.717, 1.165) is 22.6 Å². The van der Waals surface area contributed by atoms with E-state index >= 15 is 0 Å². The van der Waals surface area contributed by atoms with Gasteiger partial charge in [-0.05, 0) is 26.0 Å². The number of rotatable bonds is 4. The average molecular weight is 327 g/mol. The molecule has 0 amide bonds. The zero-order valence-electron chi connectivity index (χ0n) is 13.5. The standard InChI is InChI=1S/C17H17N3O4/c1-10(2)22-12-5-3-4-11(8-12)16-18-17(24-20-16)15-13-9-21-7-6-14(13)23-19-15/h3-5,8,10H,6-7,9H2,1-2H3. The highest BCUT2D eigenvalue weighted by atomic mass is 16.5. The van der Waals surface area contributed by atoms with Gasteiger partial charge in [-0.25, -0.2) is 0 Å². The maximum absolute atomic E-state index is 5.70. The second-order valence-electron chi connectivity index (χ2n) is 5.85. The molecule has 24 heavy (non-hydrogen) atoms. The molecule has 1 aromatic carbocycles. The summed E-state index contributed by atoms with van der Waals surface area (Å²) >= 11 is 0. The van der Waals surface area contributed by atoms with Gasteiger partial charge < -0.3 is 18.5 Å². The molecule has 1 aliphatic heterocycles. The molecule has 3 aromatic rings. The highest BCUT2D eigenvalue weighted by molar-refractivity contribution is 5.61. The predicted octanol–water partition coefficient (Wildman–Crippen LogP) is 3.25. The van der Waals surface area contributed by atoms with Gasteiger partial charge in [0.15, 0.2) is 5.69 Å². The molecule has 124 valence electrons. The molecule has 0 bridgehead atoms. The van der Waals surface area contributed by atoms with E-state index in [9.17, 15) is 0 Å². The van der Waals surface area contributed by atoms with Gasteiger partial charge in [0.05, 0.1) is 24.9 Å². The third-order valence-electron chi connectivity index (χ3n) is 3.68. The van der Waals surface area contributed by atoms with Gasteiger partial charge in [-0.15, -0.1) is 0 Å². The molecular formula is C17H17N3O4. The summed E-state index contributed by atoms with van der Waals surface area (Å²) in [4.78, 5) is 4.44. The number of aromatic nitrogens is 3. The van der Waals surface area contributed by atoms with Gasteiger partial charge in [-0.1, -0.05) is 22.4 Å². The Hall–Kier alpha value is -2.67. The zero-order valence-corrected chi connectivity index (χ0v) is 13.5. The van der Waals surface area contributed by atoms with Gasteiger partial charge in [0.25, 0.3) is 5.89 Å². The Balaban J connectivity index is 1.65. The summed E-state index contributed by atoms with van der Waals surface area (Å²) in [5.74, 6) is 2.40. The maximum atomic E-state index is 5.70. The van der Waals surface area contributed by atoms with Gasteiger partial charge in [0.2, 0.25) is 5.82 Å². The molecule has 2 aromatic heterocycles. The first-order valence-electron chi connectivity index (χ1n) is 7.87. The summed E-state index contributed by atoms with van der Waals surface area (Å²) in [6.07, 6.45) is 0.806. The lowest BCUT2D eigenvalue weighted by Gasteiger charge is -2.09. The van der Waals surface area contributed by atoms with Crippen molar-refractivity contribution in [3.8, 4) is 28.7 Å². The van der Waals surface area contributed by atoms with Crippen LogP contribution in [0.15, 0.2) is 33.3 Å². The molecule has 3 heterocycles. The molecule has 1 aliphatic rings. The molecule has 7 heteroatoms. The molecule has 0 saturated carbocycles. The largest absolute Gasteiger partial charge is 0.491 e. The Morgan fingerprint density at radius 1 is 1.17 bits per heavy atom. The quantitative estimate of drug-likeness (QED) is 0.727. The van der Waals surface area contributed by atoms with Crippen LogP contribution in [0, 0.1) is 0 Å². The number of fused-ring (bicyclic) bond motifs is 1. The van der Waals surface area contributed by atoms with Crippen molar-refractivity contribution in [2.75, 3.05) is 6.61 Å². The van der Waals surface area contributed by atoms with Crippen LogP contribution in [0.4, 0.5) is 0 Å². The molecule has 7 nitrogen and oxygen atoms in total. The summed E-state index contributed by atoms with van der Waals surface area (Å²) in [7, 11) is 0. The number of ether oxygens (including phenoxy) is 2. The number of hydrogen-bond donors (Lipinski definition) is 0. The van der Waals surface area contributed by atoms with Gasteiger partial charge in [0, 0.05) is 12.0 Å². The minimum atomic E-state index is 0.0998. The van der Waals surface area contributed by atoms with E-state index < -0.39 is 0 Å². The SMILES string of the molecule is CC(C)Oc1cccc(-c2noc(-c3noc4c3COCC4)n2)c1. The average Bonchev–Trinajstić information content (AvgIpc) is 3.21. The normalized spacial score (nSPS) is 14.0. The molecule has 0 aliphatic carbocycles. The fourth-order valence-electron chi connectivity index (χ4n) is 2.61. The summed E-state index contributed by atoms with van der Waals surface area (Å²) in [6, 6.07) is 7.59. The predicted molar refractivity (Wildman–Crippen MR) is 84.4 cm³/mol. The van der Waals surface area contributed by atoms with Crippen molar-refractivity contribution in [2.45, 2.75) is 33.0 Å². The molecule has 0 fully saturated rings. The Kier molecular flexibility index (Phi) is 3.78. The summed E-state index contributed by atoms with van der Waals surface area (Å²) in [6.45, 7) is 5.05. The van der Waals surface area contributed by atoms with Crippen LogP contribution in [0.5, 0.6) is 5.75 Å². The molecule has 0 saturated heterocycles. The van der Waals surface area contributed by atoms with E-state index in [1.54, 1.807) is 0 Å². The van der Waals surface area contributed by atoms with E-state index in [2.05, 4.69) is 15.3 Å². The van der Waals surface area contributed by atoms with Crippen LogP contribution in [-0.2, 0) is 17.8 Å². The molecule has 4 rings (SSSR count). The first-order valence-corrected chi connectivity index (χ1v) is 7.87. The van der Waals surface area contributed by atoms with Crippen LogP contribution >= 0.6 is 0 Å². The second kappa shape index (κ2) is 6.09. The van der Waals surface area contributed by atoms with Crippen LogP contribution in [0.25, 0.3) is 23.0 Å². The Morgan fingerprint density at radius 2 is 2.08 bits per heavy atom. The van der Waals surface area contributed by atoms with Gasteiger partial charge in [-0.3, -0.25) is 0 Å². The third-order valence-corrected chi connectivity index (χ3v) is 3.68. The Bertz CT molecular complexity index is 853. The van der Waals surface area contributed by atoms with Crippen LogP contribution in [0.2, 0.25) is 0 Å². The Labute approximate surface area is 138 Å². The molecular weight excluding hydrogens is 310 g/mol. The monoisotopic (exact) mass is 327 g/mol. The lowest BCUT2D eigenvalue weighted by molar-refractivity contribution is 0.103. The van der Waals surface area contributed by atoms with Crippen molar-refractivity contribution in [1.29, 1.82) is 0 Å². The van der Waals surface area contributed by atoms with Crippen molar-refractivity contribution >= 4 is 0 Å². The van der Waals surface area contributed by atoms with Crippen molar-refractivity contribution in [2.24, 2.45) is 0 Å². The van der Waals surface area contributed by atoms with Gasteiger partial charge in [-0.2, -0.15) is 4.98 Å². The Morgan fingerprint density at radius 3 is 2.96 bits per heavy atom. The number of nitrogens with zero attached hydrogens (tertiary/aromatic N) is 3. The topological polar surface area (TPSA) is 83.4 Å². The first-order chi connectivity index (χ1) is 11.7. The highest BCUT2D eigenvalue weighted by Gasteiger charge is 2.25. The van der Waals surface area contributed by atoms with Gasteiger partial charge >= 0.3 is 0 Å². The van der Waals surface area contributed by atoms with Crippen LogP contribution < -0.4 is 4.74 Å². The molecule has 0 radical (unpaired) electrons. The zero-order chi connectivity index (χ0) is 16.5. The van der Waals surface area contributed by atoms with Crippen molar-refractivity contribution in [3.05, 3.63) is 35.6 Å². The summed E-state index contributed by atoms with van der Waals surface area (Å²) in [5, 5.41) is 8.10. The van der Waals surface area contributed by atoms with E-state index in [0.29, 0.717) is 37.0 Å². The fraction of sp³-hybridized carbons (Fsp3) is 0.353. The fourth-order valence-corrected chi connectivity index (χ4v) is 2.61. The van der Waals surface area contributed by atoms with E-state index in [1.807, 2.05) is 38.1 Å². The van der Waals surface area contributed by atoms with E-state index in [-0.39, 0.29) is 6.10 Å². The number of benzene rings is 1. The van der Waals surface area contributed by atoms with E-state index in [4.69, 9.17) is 18.5 Å². The third kappa shape index (κ3) is 2.78. The van der Waals surface area contributed by atoms with Crippen molar-refractivity contribution in [1.82, 2.24) is 15.3 Å². The summed E-state index contributed by atoms with van der Waals surface area (Å²) < 4.78 is 21.9. The summed E-state index contributed by atoms with van der Waals surface area (Å²) in [5.41, 5.74) is 2.25. The smallest absolute Gasteiger partial charge is 0.280 e. The molecule has 0 N–H and O–H groups in total. The van der Waals surface area contributed by atoms with Crippen molar-refractivity contribution in [3.63, 3.8) is 0 Å². The lowest BCUT2D eigenvalue weighted by atomic mass is 10.1. The van der Waals surface area contributed by atoms with Gasteiger partial charge in [0.1, 0.15) is 11.5 Å². The number of hydrogen-bond acceptors (Lipinski definition) is 7. The van der Waals surface area contributed by atoms with Crippen LogP contribution in [-0.4, -0.2) is 28.0 Å². The van der Waals surface area contributed by atoms with Crippen LogP contribution in [0.1, 0.15) is 25.2 Å².